The van der Waals surface area contributed by atoms with Crippen LogP contribution in [0.25, 0.3) is 0 Å². The lowest BCUT2D eigenvalue weighted by atomic mass is 9.98. The Bertz CT molecular complexity index is 367. The van der Waals surface area contributed by atoms with Crippen LogP contribution in [0.1, 0.15) is 25.5 Å². The molecule has 0 aliphatic carbocycles. The maximum atomic E-state index is 6.19. The molecule has 0 aliphatic heterocycles. The van der Waals surface area contributed by atoms with E-state index in [2.05, 4.69) is 44.2 Å². The SMILES string of the molecule is COc1ccc(C(C(C)N)N(C)C(C)CSC)cc1. The molecule has 0 heterocycles. The van der Waals surface area contributed by atoms with Crippen molar-refractivity contribution in [2.45, 2.75) is 32.0 Å². The minimum Gasteiger partial charge on any atom is -0.497 e. The van der Waals surface area contributed by atoms with Crippen molar-refractivity contribution in [2.24, 2.45) is 5.73 Å². The molecule has 0 fully saturated rings. The van der Waals surface area contributed by atoms with Gasteiger partial charge in [0, 0.05) is 23.9 Å². The van der Waals surface area contributed by atoms with Crippen LogP contribution >= 0.6 is 11.8 Å². The van der Waals surface area contributed by atoms with Crippen molar-refractivity contribution in [3.63, 3.8) is 0 Å². The van der Waals surface area contributed by atoms with Crippen molar-refractivity contribution in [1.82, 2.24) is 4.90 Å². The number of benzene rings is 1. The van der Waals surface area contributed by atoms with Gasteiger partial charge in [-0.1, -0.05) is 12.1 Å². The van der Waals surface area contributed by atoms with Crippen LogP contribution in [-0.2, 0) is 0 Å². The summed E-state index contributed by atoms with van der Waals surface area (Å²) in [5.41, 5.74) is 7.44. The van der Waals surface area contributed by atoms with E-state index in [1.165, 1.54) is 5.56 Å². The molecule has 3 unspecified atom stereocenters. The van der Waals surface area contributed by atoms with Gasteiger partial charge in [-0.3, -0.25) is 4.90 Å². The van der Waals surface area contributed by atoms with Crippen molar-refractivity contribution in [1.29, 1.82) is 0 Å². The number of methoxy groups -OCH3 is 1. The second-order valence-electron chi connectivity index (χ2n) is 5.05. The molecule has 2 N–H and O–H groups in total. The molecule has 0 saturated carbocycles. The van der Waals surface area contributed by atoms with Crippen LogP contribution in [0.15, 0.2) is 24.3 Å². The van der Waals surface area contributed by atoms with Crippen LogP contribution in [0.2, 0.25) is 0 Å². The van der Waals surface area contributed by atoms with E-state index < -0.39 is 0 Å². The molecule has 4 heteroatoms. The Morgan fingerprint density at radius 1 is 1.26 bits per heavy atom. The molecule has 1 aromatic rings. The molecule has 0 aliphatic rings. The molecule has 0 radical (unpaired) electrons. The van der Waals surface area contributed by atoms with Gasteiger partial charge in [-0.25, -0.2) is 0 Å². The standard InChI is InChI=1S/C15H26N2OS/c1-11(10-19-5)17(3)15(12(2)16)13-6-8-14(18-4)9-7-13/h6-9,11-12,15H,10,16H2,1-5H3. The van der Waals surface area contributed by atoms with Gasteiger partial charge >= 0.3 is 0 Å². The smallest absolute Gasteiger partial charge is 0.118 e. The minimum absolute atomic E-state index is 0.0858. The number of ether oxygens (including phenoxy) is 1. The number of nitrogens with zero attached hydrogens (tertiary/aromatic N) is 1. The zero-order valence-electron chi connectivity index (χ0n) is 12.6. The lowest BCUT2D eigenvalue weighted by Gasteiger charge is -2.35. The molecule has 19 heavy (non-hydrogen) atoms. The summed E-state index contributed by atoms with van der Waals surface area (Å²) in [5.74, 6) is 1.99. The summed E-state index contributed by atoms with van der Waals surface area (Å²) in [6, 6.07) is 9.02. The van der Waals surface area contributed by atoms with Crippen LogP contribution in [0.3, 0.4) is 0 Å². The molecule has 3 atom stereocenters. The molecule has 0 bridgehead atoms. The summed E-state index contributed by atoms with van der Waals surface area (Å²) < 4.78 is 5.21. The first-order valence-electron chi connectivity index (χ1n) is 6.61. The maximum absolute atomic E-state index is 6.19. The van der Waals surface area contributed by atoms with Gasteiger partial charge in [0.15, 0.2) is 0 Å². The molecule has 3 nitrogen and oxygen atoms in total. The van der Waals surface area contributed by atoms with E-state index in [1.54, 1.807) is 7.11 Å². The van der Waals surface area contributed by atoms with Crippen LogP contribution in [0.4, 0.5) is 0 Å². The highest BCUT2D eigenvalue weighted by molar-refractivity contribution is 7.98. The average molecular weight is 282 g/mol. The Morgan fingerprint density at radius 2 is 1.84 bits per heavy atom. The number of nitrogens with two attached hydrogens (primary N) is 1. The van der Waals surface area contributed by atoms with E-state index in [4.69, 9.17) is 10.5 Å². The Balaban J connectivity index is 2.92. The van der Waals surface area contributed by atoms with Gasteiger partial charge in [-0.2, -0.15) is 11.8 Å². The zero-order chi connectivity index (χ0) is 14.4. The predicted molar refractivity (Wildman–Crippen MR) is 85.0 cm³/mol. The van der Waals surface area contributed by atoms with Gasteiger partial charge in [0.05, 0.1) is 7.11 Å². The summed E-state index contributed by atoms with van der Waals surface area (Å²) in [4.78, 5) is 2.36. The fourth-order valence-electron chi connectivity index (χ4n) is 2.34. The molecule has 108 valence electrons. The van der Waals surface area contributed by atoms with E-state index in [0.29, 0.717) is 6.04 Å². The number of thioether (sulfide) groups is 1. The normalized spacial score (nSPS) is 16.2. The second-order valence-corrected chi connectivity index (χ2v) is 5.96. The van der Waals surface area contributed by atoms with Crippen molar-refractivity contribution in [3.05, 3.63) is 29.8 Å². The summed E-state index contributed by atoms with van der Waals surface area (Å²) in [6.07, 6.45) is 2.14. The van der Waals surface area contributed by atoms with E-state index >= 15 is 0 Å². The van der Waals surface area contributed by atoms with Crippen molar-refractivity contribution in [2.75, 3.05) is 26.2 Å². The van der Waals surface area contributed by atoms with Crippen molar-refractivity contribution < 1.29 is 4.74 Å². The molecule has 1 aromatic carbocycles. The molecule has 0 amide bonds. The van der Waals surface area contributed by atoms with Crippen LogP contribution in [-0.4, -0.2) is 43.1 Å². The molecule has 1 rings (SSSR count). The van der Waals surface area contributed by atoms with Crippen LogP contribution < -0.4 is 10.5 Å². The van der Waals surface area contributed by atoms with E-state index in [-0.39, 0.29) is 12.1 Å². The Kier molecular flexibility index (Phi) is 6.69. The minimum atomic E-state index is 0.0858. The second kappa shape index (κ2) is 7.78. The largest absolute Gasteiger partial charge is 0.497 e. The fourth-order valence-corrected chi connectivity index (χ4v) is 3.06. The molecule has 0 aromatic heterocycles. The number of hydrogen-bond donors (Lipinski definition) is 1. The molecule has 0 saturated heterocycles. The molecular formula is C15H26N2OS. The van der Waals surface area contributed by atoms with Crippen LogP contribution in [0.5, 0.6) is 5.75 Å². The van der Waals surface area contributed by atoms with E-state index in [0.717, 1.165) is 11.5 Å². The number of likely N-dealkylation sites (N-methyl/N-ethyl adjacent to an activating group) is 1. The summed E-state index contributed by atoms with van der Waals surface area (Å²) >= 11 is 1.87. The van der Waals surface area contributed by atoms with E-state index in [9.17, 15) is 0 Å². The first-order chi connectivity index (χ1) is 9.01. The van der Waals surface area contributed by atoms with E-state index in [1.807, 2.05) is 23.9 Å². The van der Waals surface area contributed by atoms with Crippen LogP contribution in [0, 0.1) is 0 Å². The topological polar surface area (TPSA) is 38.5 Å². The Hall–Kier alpha value is -0.710. The average Bonchev–Trinajstić information content (AvgIpc) is 2.39. The highest BCUT2D eigenvalue weighted by Gasteiger charge is 2.24. The first kappa shape index (κ1) is 16.3. The third-order valence-electron chi connectivity index (χ3n) is 3.50. The number of hydrogen-bond acceptors (Lipinski definition) is 4. The fraction of sp³-hybridized carbons (Fsp3) is 0.600. The third kappa shape index (κ3) is 4.41. The summed E-state index contributed by atoms with van der Waals surface area (Å²) in [6.45, 7) is 4.31. The highest BCUT2D eigenvalue weighted by atomic mass is 32.2. The maximum Gasteiger partial charge on any atom is 0.118 e. The van der Waals surface area contributed by atoms with Gasteiger partial charge in [0.1, 0.15) is 5.75 Å². The van der Waals surface area contributed by atoms with Gasteiger partial charge in [0.25, 0.3) is 0 Å². The summed E-state index contributed by atoms with van der Waals surface area (Å²) in [5, 5.41) is 0. The van der Waals surface area contributed by atoms with Gasteiger partial charge in [-0.05, 0) is 44.8 Å². The molecule has 0 spiro atoms. The summed E-state index contributed by atoms with van der Waals surface area (Å²) in [7, 11) is 3.84. The Labute approximate surface area is 121 Å². The van der Waals surface area contributed by atoms with Gasteiger partial charge in [0.2, 0.25) is 0 Å². The lowest BCUT2D eigenvalue weighted by Crippen LogP contribution is -2.42. The number of rotatable bonds is 7. The van der Waals surface area contributed by atoms with Gasteiger partial charge < -0.3 is 10.5 Å². The first-order valence-corrected chi connectivity index (χ1v) is 8.01. The third-order valence-corrected chi connectivity index (χ3v) is 4.31. The Morgan fingerprint density at radius 3 is 2.26 bits per heavy atom. The highest BCUT2D eigenvalue weighted by Crippen LogP contribution is 2.26. The lowest BCUT2D eigenvalue weighted by molar-refractivity contribution is 0.178. The van der Waals surface area contributed by atoms with Crippen molar-refractivity contribution in [3.8, 4) is 5.75 Å². The zero-order valence-corrected chi connectivity index (χ0v) is 13.4. The van der Waals surface area contributed by atoms with Gasteiger partial charge in [-0.15, -0.1) is 0 Å². The quantitative estimate of drug-likeness (QED) is 0.834. The predicted octanol–water partition coefficient (Wildman–Crippen LogP) is 2.77. The monoisotopic (exact) mass is 282 g/mol. The van der Waals surface area contributed by atoms with Crippen molar-refractivity contribution >= 4 is 11.8 Å². The molecular weight excluding hydrogens is 256 g/mol.